The second kappa shape index (κ2) is 7.46. The molecule has 2 aliphatic rings. The molecule has 4 aromatic rings. The molecule has 1 aliphatic carbocycles. The summed E-state index contributed by atoms with van der Waals surface area (Å²) >= 11 is 1.48. The van der Waals surface area contributed by atoms with Crippen molar-refractivity contribution in [2.24, 2.45) is 0 Å². The summed E-state index contributed by atoms with van der Waals surface area (Å²) in [5.41, 5.74) is 1.35. The van der Waals surface area contributed by atoms with Crippen molar-refractivity contribution in [3.05, 3.63) is 66.6 Å². The predicted octanol–water partition coefficient (Wildman–Crippen LogP) is 3.01. The number of benzene rings is 1. The monoisotopic (exact) mass is 457 g/mol. The minimum Gasteiger partial charge on any atom is -0.308 e. The van der Waals surface area contributed by atoms with Crippen LogP contribution < -0.4 is 11.1 Å². The van der Waals surface area contributed by atoms with Gasteiger partial charge in [-0.3, -0.25) is 19.0 Å². The molecular weight excluding hydrogens is 438 g/mol. The Hall–Kier alpha value is -3.64. The number of hydrogen-bond donors (Lipinski definition) is 1. The van der Waals surface area contributed by atoms with Crippen molar-refractivity contribution in [2.45, 2.75) is 51.0 Å². The van der Waals surface area contributed by atoms with Gasteiger partial charge in [0, 0.05) is 23.4 Å². The Bertz CT molecular complexity index is 1640. The van der Waals surface area contributed by atoms with Crippen LogP contribution in [-0.4, -0.2) is 25.3 Å². The van der Waals surface area contributed by atoms with Crippen molar-refractivity contribution in [3.8, 4) is 6.07 Å². The predicted molar refractivity (Wildman–Crippen MR) is 124 cm³/mol. The van der Waals surface area contributed by atoms with Gasteiger partial charge >= 0.3 is 0 Å². The molecule has 0 spiro atoms. The van der Waals surface area contributed by atoms with E-state index in [1.807, 2.05) is 6.07 Å². The number of hydrogen-bond acceptors (Lipinski definition) is 7. The topological polar surface area (TPSA) is 122 Å². The quantitative estimate of drug-likeness (QED) is 0.472. The van der Waals surface area contributed by atoms with Crippen molar-refractivity contribution in [3.63, 3.8) is 0 Å². The summed E-state index contributed by atoms with van der Waals surface area (Å²) in [5, 5.41) is 10.9. The maximum atomic E-state index is 13.3. The first-order valence-corrected chi connectivity index (χ1v) is 11.9. The number of fused-ring (bicyclic) bond motifs is 5. The number of aromatic amines is 1. The molecule has 33 heavy (non-hydrogen) atoms. The third kappa shape index (κ3) is 3.05. The van der Waals surface area contributed by atoms with E-state index in [0.717, 1.165) is 44.1 Å². The minimum absolute atomic E-state index is 0.0562. The molecule has 0 saturated carbocycles. The van der Waals surface area contributed by atoms with Gasteiger partial charge in [-0.1, -0.05) is 6.07 Å². The highest BCUT2D eigenvalue weighted by Crippen LogP contribution is 2.34. The zero-order valence-electron chi connectivity index (χ0n) is 17.7. The van der Waals surface area contributed by atoms with E-state index in [0.29, 0.717) is 33.5 Å². The molecule has 1 aliphatic heterocycles. The Balaban J connectivity index is 1.43. The molecule has 0 amide bonds. The molecule has 0 radical (unpaired) electrons. The van der Waals surface area contributed by atoms with Crippen LogP contribution in [0.25, 0.3) is 21.1 Å². The molecule has 0 saturated heterocycles. The summed E-state index contributed by atoms with van der Waals surface area (Å²) < 4.78 is 1.67. The van der Waals surface area contributed by atoms with E-state index in [4.69, 9.17) is 0 Å². The molecule has 1 aromatic carbocycles. The van der Waals surface area contributed by atoms with Crippen molar-refractivity contribution < 1.29 is 4.79 Å². The lowest BCUT2D eigenvalue weighted by atomic mass is 9.96. The van der Waals surface area contributed by atoms with Gasteiger partial charge in [-0.15, -0.1) is 11.3 Å². The third-order valence-electron chi connectivity index (χ3n) is 6.61. The van der Waals surface area contributed by atoms with E-state index in [9.17, 15) is 19.6 Å². The normalized spacial score (nSPS) is 15.8. The van der Waals surface area contributed by atoms with Crippen LogP contribution in [0.3, 0.4) is 0 Å². The first-order chi connectivity index (χ1) is 16.0. The van der Waals surface area contributed by atoms with Gasteiger partial charge in [0.2, 0.25) is 0 Å². The number of rotatable bonds is 3. The number of carbonyl (C=O) groups is 1. The van der Waals surface area contributed by atoms with Crippen LogP contribution in [0.1, 0.15) is 57.6 Å². The van der Waals surface area contributed by atoms with Gasteiger partial charge in [0.1, 0.15) is 16.5 Å². The molecule has 9 heteroatoms. The summed E-state index contributed by atoms with van der Waals surface area (Å²) in [4.78, 5) is 52.4. The Labute approximate surface area is 191 Å². The van der Waals surface area contributed by atoms with E-state index in [1.165, 1.54) is 16.2 Å². The smallest absolute Gasteiger partial charge is 0.261 e. The molecule has 6 rings (SSSR count). The molecule has 1 unspecified atom stereocenters. The summed E-state index contributed by atoms with van der Waals surface area (Å²) in [6.07, 6.45) is 5.51. The fourth-order valence-electron chi connectivity index (χ4n) is 4.96. The fraction of sp³-hybridized carbons (Fsp3) is 0.333. The summed E-state index contributed by atoms with van der Waals surface area (Å²) in [6.45, 7) is 0.655. The van der Waals surface area contributed by atoms with E-state index in [2.05, 4.69) is 15.0 Å². The molecule has 0 bridgehead atoms. The molecule has 1 N–H and O–H groups in total. The largest absolute Gasteiger partial charge is 0.308 e. The molecule has 8 nitrogen and oxygen atoms in total. The van der Waals surface area contributed by atoms with E-state index < -0.39 is 11.7 Å². The standard InChI is InChI=1S/C24H19N5O3S/c25-11-15(21-27-22(31)19-14-4-1-2-5-17(14)33-23(19)28-21)20(30)12-7-8-13-16(10-12)26-18-6-3-9-29(18)24(13)32/h7-8,10,15H,1-6,9H2,(H,27,28,31). The zero-order valence-corrected chi connectivity index (χ0v) is 18.5. The highest BCUT2D eigenvalue weighted by molar-refractivity contribution is 7.18. The van der Waals surface area contributed by atoms with Gasteiger partial charge in [0.25, 0.3) is 11.1 Å². The molecule has 0 fully saturated rings. The van der Waals surface area contributed by atoms with Crippen LogP contribution in [0.5, 0.6) is 0 Å². The summed E-state index contributed by atoms with van der Waals surface area (Å²) in [5.74, 6) is -0.965. The maximum absolute atomic E-state index is 13.3. The van der Waals surface area contributed by atoms with Crippen LogP contribution in [0, 0.1) is 11.3 Å². The number of carbonyl (C=O) groups excluding carboxylic acids is 1. The van der Waals surface area contributed by atoms with Gasteiger partial charge in [0.15, 0.2) is 11.7 Å². The van der Waals surface area contributed by atoms with Gasteiger partial charge in [-0.2, -0.15) is 5.26 Å². The summed E-state index contributed by atoms with van der Waals surface area (Å²) in [6, 6.07) is 6.70. The van der Waals surface area contributed by atoms with Crippen LogP contribution in [-0.2, 0) is 25.8 Å². The number of nitrogens with one attached hydrogen (secondary N) is 1. The number of Topliss-reactive ketones (excluding diaryl/α,β-unsaturated/α-hetero) is 1. The van der Waals surface area contributed by atoms with Gasteiger partial charge < -0.3 is 4.98 Å². The van der Waals surface area contributed by atoms with Crippen molar-refractivity contribution in [1.29, 1.82) is 5.26 Å². The van der Waals surface area contributed by atoms with Crippen molar-refractivity contribution in [2.75, 3.05) is 0 Å². The lowest BCUT2D eigenvalue weighted by Crippen LogP contribution is -2.22. The SMILES string of the molecule is N#CC(C(=O)c1ccc2c(=O)n3c(nc2c1)CCC3)c1nc2sc3c(c2c(=O)[nH]1)CCCC3. The molecule has 164 valence electrons. The summed E-state index contributed by atoms with van der Waals surface area (Å²) in [7, 11) is 0. The number of nitriles is 1. The second-order valence-electron chi connectivity index (χ2n) is 8.59. The molecule has 1 atom stereocenters. The Morgan fingerprint density at radius 1 is 1.15 bits per heavy atom. The van der Waals surface area contributed by atoms with Crippen molar-refractivity contribution >= 4 is 38.2 Å². The molecule has 3 aromatic heterocycles. The average Bonchev–Trinajstić information content (AvgIpc) is 3.44. The van der Waals surface area contributed by atoms with Gasteiger partial charge in [0.05, 0.1) is 22.4 Å². The highest BCUT2D eigenvalue weighted by Gasteiger charge is 2.28. The van der Waals surface area contributed by atoms with Crippen LogP contribution in [0.2, 0.25) is 0 Å². The van der Waals surface area contributed by atoms with E-state index in [1.54, 1.807) is 22.8 Å². The fourth-order valence-corrected chi connectivity index (χ4v) is 6.23. The number of aromatic nitrogens is 4. The molecule has 4 heterocycles. The number of aryl methyl sites for hydroxylation is 3. The van der Waals surface area contributed by atoms with Crippen LogP contribution >= 0.6 is 11.3 Å². The Kier molecular flexibility index (Phi) is 4.52. The second-order valence-corrected chi connectivity index (χ2v) is 9.67. The van der Waals surface area contributed by atoms with Crippen LogP contribution in [0.4, 0.5) is 0 Å². The molecular formula is C24H19N5O3S. The Morgan fingerprint density at radius 2 is 2.00 bits per heavy atom. The average molecular weight is 458 g/mol. The highest BCUT2D eigenvalue weighted by atomic mass is 32.1. The lowest BCUT2D eigenvalue weighted by molar-refractivity contribution is 0.0976. The maximum Gasteiger partial charge on any atom is 0.261 e. The first kappa shape index (κ1) is 20.0. The lowest BCUT2D eigenvalue weighted by Gasteiger charge is -2.10. The number of ketones is 1. The minimum atomic E-state index is -1.26. The van der Waals surface area contributed by atoms with Gasteiger partial charge in [-0.05, 0) is 49.8 Å². The van der Waals surface area contributed by atoms with Crippen molar-refractivity contribution in [1.82, 2.24) is 19.5 Å². The number of thiophene rings is 1. The number of H-pyrrole nitrogens is 1. The third-order valence-corrected chi connectivity index (χ3v) is 7.79. The Morgan fingerprint density at radius 3 is 2.85 bits per heavy atom. The first-order valence-electron chi connectivity index (χ1n) is 11.1. The van der Waals surface area contributed by atoms with E-state index >= 15 is 0 Å². The van der Waals surface area contributed by atoms with E-state index in [-0.39, 0.29) is 22.5 Å². The number of nitrogens with zero attached hydrogens (tertiary/aromatic N) is 4. The van der Waals surface area contributed by atoms with Crippen LogP contribution in [0.15, 0.2) is 27.8 Å². The van der Waals surface area contributed by atoms with Gasteiger partial charge in [-0.25, -0.2) is 9.97 Å². The zero-order chi connectivity index (χ0) is 22.7.